The molecule has 0 bridgehead atoms. The summed E-state index contributed by atoms with van der Waals surface area (Å²) in [5, 5.41) is 0. The highest BCUT2D eigenvalue weighted by atomic mass is 79.9. The van der Waals surface area contributed by atoms with Crippen LogP contribution in [0.4, 0.5) is 4.39 Å². The molecule has 0 spiro atoms. The summed E-state index contributed by atoms with van der Waals surface area (Å²) in [6.45, 7) is 0.227. The van der Waals surface area contributed by atoms with Crippen LogP contribution in [0, 0.1) is 5.82 Å². The molecule has 1 atom stereocenters. The fraction of sp³-hybridized carbons (Fsp3) is 0.294. The van der Waals surface area contributed by atoms with Crippen LogP contribution < -0.4 is 10.5 Å². The van der Waals surface area contributed by atoms with Gasteiger partial charge in [-0.05, 0) is 48.6 Å². The summed E-state index contributed by atoms with van der Waals surface area (Å²) >= 11 is 3.25. The summed E-state index contributed by atoms with van der Waals surface area (Å²) in [5.41, 5.74) is 9.03. The summed E-state index contributed by atoms with van der Waals surface area (Å²) in [4.78, 5) is 0. The Hall–Kier alpha value is -1.39. The third-order valence-corrected chi connectivity index (χ3v) is 4.40. The van der Waals surface area contributed by atoms with Crippen LogP contribution in [0.5, 0.6) is 5.75 Å². The summed E-state index contributed by atoms with van der Waals surface area (Å²) in [6.07, 6.45) is 3.06. The first-order chi connectivity index (χ1) is 10.1. The van der Waals surface area contributed by atoms with Crippen LogP contribution in [0.1, 0.15) is 35.6 Å². The van der Waals surface area contributed by atoms with Gasteiger partial charge in [0.1, 0.15) is 18.2 Å². The van der Waals surface area contributed by atoms with Crippen molar-refractivity contribution in [2.75, 3.05) is 0 Å². The molecule has 2 nitrogen and oxygen atoms in total. The quantitative estimate of drug-likeness (QED) is 0.884. The Morgan fingerprint density at radius 2 is 2.14 bits per heavy atom. The Morgan fingerprint density at radius 3 is 2.95 bits per heavy atom. The number of hydrogen-bond donors (Lipinski definition) is 1. The number of fused-ring (bicyclic) bond motifs is 1. The van der Waals surface area contributed by atoms with Crippen molar-refractivity contribution in [1.82, 2.24) is 0 Å². The summed E-state index contributed by atoms with van der Waals surface area (Å²) < 4.78 is 20.4. The predicted molar refractivity (Wildman–Crippen MR) is 84.7 cm³/mol. The first-order valence-electron chi connectivity index (χ1n) is 7.09. The number of rotatable bonds is 3. The largest absolute Gasteiger partial charge is 0.489 e. The van der Waals surface area contributed by atoms with Crippen molar-refractivity contribution < 1.29 is 9.13 Å². The first-order valence-corrected chi connectivity index (χ1v) is 7.88. The highest BCUT2D eigenvalue weighted by molar-refractivity contribution is 9.10. The van der Waals surface area contributed by atoms with Gasteiger partial charge in [0.15, 0.2) is 0 Å². The average molecular weight is 350 g/mol. The maximum Gasteiger partial charge on any atom is 0.130 e. The molecule has 1 unspecified atom stereocenters. The first kappa shape index (κ1) is 14.5. The van der Waals surface area contributed by atoms with Crippen molar-refractivity contribution >= 4 is 15.9 Å². The van der Waals surface area contributed by atoms with Crippen LogP contribution in [0.15, 0.2) is 40.9 Å². The zero-order chi connectivity index (χ0) is 14.8. The third kappa shape index (κ3) is 3.11. The van der Waals surface area contributed by atoms with E-state index in [4.69, 9.17) is 10.5 Å². The lowest BCUT2D eigenvalue weighted by atomic mass is 9.87. The van der Waals surface area contributed by atoms with Crippen LogP contribution in [-0.4, -0.2) is 0 Å². The van der Waals surface area contributed by atoms with Gasteiger partial charge in [0.2, 0.25) is 0 Å². The molecule has 21 heavy (non-hydrogen) atoms. The molecule has 2 N–H and O–H groups in total. The van der Waals surface area contributed by atoms with Gasteiger partial charge in [0.05, 0.1) is 0 Å². The standard InChI is InChI=1S/C17H17BrFNO/c18-12-8-7-11(15(19)9-12)10-21-17-6-2-3-13-14(17)4-1-5-16(13)20/h2-3,6-9,16H,1,4-5,10,20H2. The monoisotopic (exact) mass is 349 g/mol. The molecule has 0 saturated carbocycles. The normalized spacial score (nSPS) is 17.4. The van der Waals surface area contributed by atoms with Gasteiger partial charge >= 0.3 is 0 Å². The van der Waals surface area contributed by atoms with Crippen LogP contribution >= 0.6 is 15.9 Å². The van der Waals surface area contributed by atoms with E-state index in [0.717, 1.165) is 35.0 Å². The zero-order valence-electron chi connectivity index (χ0n) is 11.6. The maximum atomic E-state index is 13.8. The van der Waals surface area contributed by atoms with Gasteiger partial charge < -0.3 is 10.5 Å². The average Bonchev–Trinajstić information content (AvgIpc) is 2.47. The number of nitrogens with two attached hydrogens (primary N) is 1. The molecule has 0 aromatic heterocycles. The highest BCUT2D eigenvalue weighted by Gasteiger charge is 2.20. The molecule has 0 saturated heterocycles. The fourth-order valence-electron chi connectivity index (χ4n) is 2.78. The molecule has 110 valence electrons. The third-order valence-electron chi connectivity index (χ3n) is 3.91. The fourth-order valence-corrected chi connectivity index (χ4v) is 3.11. The molecule has 0 radical (unpaired) electrons. The van der Waals surface area contributed by atoms with Crippen molar-refractivity contribution in [1.29, 1.82) is 0 Å². The minimum Gasteiger partial charge on any atom is -0.489 e. The topological polar surface area (TPSA) is 35.2 Å². The van der Waals surface area contributed by atoms with Gasteiger partial charge in [-0.25, -0.2) is 4.39 Å². The molecule has 1 aliphatic carbocycles. The van der Waals surface area contributed by atoms with E-state index in [9.17, 15) is 4.39 Å². The highest BCUT2D eigenvalue weighted by Crippen LogP contribution is 2.34. The maximum absolute atomic E-state index is 13.8. The lowest BCUT2D eigenvalue weighted by Gasteiger charge is -2.24. The Morgan fingerprint density at radius 1 is 1.29 bits per heavy atom. The van der Waals surface area contributed by atoms with Crippen LogP contribution in [-0.2, 0) is 13.0 Å². The van der Waals surface area contributed by atoms with E-state index in [2.05, 4.69) is 22.0 Å². The van der Waals surface area contributed by atoms with Gasteiger partial charge in [-0.15, -0.1) is 0 Å². The second-order valence-electron chi connectivity index (χ2n) is 5.35. The Balaban J connectivity index is 1.81. The molecule has 0 heterocycles. The number of benzene rings is 2. The van der Waals surface area contributed by atoms with Crippen LogP contribution in [0.3, 0.4) is 0 Å². The van der Waals surface area contributed by atoms with E-state index in [1.165, 1.54) is 11.6 Å². The summed E-state index contributed by atoms with van der Waals surface area (Å²) in [7, 11) is 0. The molecule has 0 aliphatic heterocycles. The van der Waals surface area contributed by atoms with Gasteiger partial charge in [-0.3, -0.25) is 0 Å². The number of hydrogen-bond acceptors (Lipinski definition) is 2. The van der Waals surface area contributed by atoms with Crippen molar-refractivity contribution in [2.45, 2.75) is 31.9 Å². The Kier molecular flexibility index (Phi) is 4.27. The van der Waals surface area contributed by atoms with E-state index in [1.54, 1.807) is 6.07 Å². The van der Waals surface area contributed by atoms with E-state index >= 15 is 0 Å². The second-order valence-corrected chi connectivity index (χ2v) is 6.26. The molecule has 0 amide bonds. The minimum atomic E-state index is -0.258. The number of ether oxygens (including phenoxy) is 1. The molecule has 2 aromatic rings. The second kappa shape index (κ2) is 6.16. The van der Waals surface area contributed by atoms with Crippen LogP contribution in [0.2, 0.25) is 0 Å². The molecular formula is C17H17BrFNO. The predicted octanol–water partition coefficient (Wildman–Crippen LogP) is 4.50. The van der Waals surface area contributed by atoms with Crippen molar-refractivity contribution in [3.63, 3.8) is 0 Å². The van der Waals surface area contributed by atoms with Crippen molar-refractivity contribution in [3.05, 3.63) is 63.4 Å². The molecule has 4 heteroatoms. The Bertz CT molecular complexity index is 659. The van der Waals surface area contributed by atoms with Gasteiger partial charge in [0.25, 0.3) is 0 Å². The molecule has 2 aromatic carbocycles. The lowest BCUT2D eigenvalue weighted by Crippen LogP contribution is -2.18. The van der Waals surface area contributed by atoms with Gasteiger partial charge in [0, 0.05) is 16.1 Å². The lowest BCUT2D eigenvalue weighted by molar-refractivity contribution is 0.294. The molecule has 0 fully saturated rings. The van der Waals surface area contributed by atoms with E-state index in [-0.39, 0.29) is 18.5 Å². The molecule has 3 rings (SSSR count). The van der Waals surface area contributed by atoms with E-state index in [1.807, 2.05) is 18.2 Å². The van der Waals surface area contributed by atoms with Crippen molar-refractivity contribution in [3.8, 4) is 5.75 Å². The van der Waals surface area contributed by atoms with Crippen LogP contribution in [0.25, 0.3) is 0 Å². The molecule has 1 aliphatic rings. The Labute approximate surface area is 132 Å². The molecular weight excluding hydrogens is 333 g/mol. The minimum absolute atomic E-state index is 0.0849. The van der Waals surface area contributed by atoms with Gasteiger partial charge in [-0.2, -0.15) is 0 Å². The SMILES string of the molecule is NC1CCCc2c(OCc3ccc(Br)cc3F)cccc21. The van der Waals surface area contributed by atoms with E-state index in [0.29, 0.717) is 5.56 Å². The number of halogens is 2. The smallest absolute Gasteiger partial charge is 0.130 e. The van der Waals surface area contributed by atoms with E-state index < -0.39 is 0 Å². The van der Waals surface area contributed by atoms with Gasteiger partial charge in [-0.1, -0.05) is 34.1 Å². The summed E-state index contributed by atoms with van der Waals surface area (Å²) in [5.74, 6) is 0.566. The van der Waals surface area contributed by atoms with Crippen molar-refractivity contribution in [2.24, 2.45) is 5.73 Å². The zero-order valence-corrected chi connectivity index (χ0v) is 13.2. The summed E-state index contributed by atoms with van der Waals surface area (Å²) in [6, 6.07) is 11.0.